The molecule has 0 aromatic rings. The molecule has 0 saturated carbocycles. The molecule has 0 aliphatic carbocycles. The third-order valence-corrected chi connectivity index (χ3v) is 5.93. The van der Waals surface area contributed by atoms with Gasteiger partial charge >= 0.3 is 23.9 Å². The van der Waals surface area contributed by atoms with Crippen LogP contribution in [-0.4, -0.2) is 135 Å². The number of nitrogens with zero attached hydrogens (tertiary/aromatic N) is 3. The molecule has 1 atom stereocenters. The Morgan fingerprint density at radius 1 is 0.692 bits per heavy atom. The fourth-order valence-corrected chi connectivity index (χ4v) is 4.16. The van der Waals surface area contributed by atoms with Gasteiger partial charge in [0.1, 0.15) is 17.2 Å². The summed E-state index contributed by atoms with van der Waals surface area (Å²) in [7, 11) is 2.63. The van der Waals surface area contributed by atoms with Crippen molar-refractivity contribution in [3.63, 3.8) is 0 Å². The Bertz CT molecular complexity index is 750. The van der Waals surface area contributed by atoms with E-state index in [2.05, 4.69) is 5.32 Å². The first-order chi connectivity index (χ1) is 18.1. The lowest BCUT2D eigenvalue weighted by Gasteiger charge is -2.35. The Labute approximate surface area is 233 Å². The topological polar surface area (TPSA) is 127 Å². The zero-order valence-electron chi connectivity index (χ0n) is 25.2. The van der Waals surface area contributed by atoms with Crippen LogP contribution in [0.4, 0.5) is 0 Å². The molecule has 1 rings (SSSR count). The van der Waals surface area contributed by atoms with Gasteiger partial charge in [0.2, 0.25) is 0 Å². The van der Waals surface area contributed by atoms with Crippen LogP contribution in [0.2, 0.25) is 0 Å². The summed E-state index contributed by atoms with van der Waals surface area (Å²) < 4.78 is 20.9. The molecule has 0 aromatic carbocycles. The summed E-state index contributed by atoms with van der Waals surface area (Å²) in [5.74, 6) is -1.51. The Balaban J connectivity index is 3.11. The number of hydrogen-bond donors (Lipinski definition) is 1. The molecule has 0 amide bonds. The molecular weight excluding hydrogens is 508 g/mol. The molecule has 1 aliphatic rings. The molecule has 1 aliphatic heterocycles. The van der Waals surface area contributed by atoms with Crippen molar-refractivity contribution in [1.29, 1.82) is 0 Å². The quantitative estimate of drug-likeness (QED) is 0.316. The molecular formula is C27H50N4O8. The summed E-state index contributed by atoms with van der Waals surface area (Å²) in [5.41, 5.74) is -1.18. The second-order valence-corrected chi connectivity index (χ2v) is 11.7. The van der Waals surface area contributed by atoms with Gasteiger partial charge in [0.15, 0.2) is 0 Å². The van der Waals surface area contributed by atoms with E-state index >= 15 is 0 Å². The molecule has 1 saturated heterocycles. The molecule has 0 spiro atoms. The van der Waals surface area contributed by atoms with E-state index in [9.17, 15) is 19.2 Å². The SMILES string of the molecule is COC(=O)CCC(C(=O)OC)N1CCN(CC(=O)OC(C)(C)C)CCNCCN(CC(=O)OC(C)(C)C)CC1. The predicted molar refractivity (Wildman–Crippen MR) is 146 cm³/mol. The van der Waals surface area contributed by atoms with Crippen molar-refractivity contribution in [2.24, 2.45) is 0 Å². The van der Waals surface area contributed by atoms with Crippen LogP contribution in [0, 0.1) is 0 Å². The number of ether oxygens (including phenoxy) is 4. The highest BCUT2D eigenvalue weighted by Crippen LogP contribution is 2.13. The van der Waals surface area contributed by atoms with Crippen molar-refractivity contribution < 1.29 is 38.1 Å². The van der Waals surface area contributed by atoms with Gasteiger partial charge in [-0.25, -0.2) is 0 Å². The molecule has 12 heteroatoms. The summed E-state index contributed by atoms with van der Waals surface area (Å²) in [6, 6.07) is -0.693. The average molecular weight is 559 g/mol. The van der Waals surface area contributed by atoms with Crippen LogP contribution >= 0.6 is 0 Å². The summed E-state index contributed by atoms with van der Waals surface area (Å²) in [6.07, 6.45) is 0.277. The zero-order valence-corrected chi connectivity index (χ0v) is 25.2. The van der Waals surface area contributed by atoms with Crippen LogP contribution < -0.4 is 5.32 Å². The van der Waals surface area contributed by atoms with Crippen LogP contribution in [0.5, 0.6) is 0 Å². The number of hydrogen-bond acceptors (Lipinski definition) is 12. The number of esters is 4. The Morgan fingerprint density at radius 2 is 1.15 bits per heavy atom. The van der Waals surface area contributed by atoms with E-state index in [0.717, 1.165) is 0 Å². The van der Waals surface area contributed by atoms with Crippen LogP contribution in [0.15, 0.2) is 0 Å². The van der Waals surface area contributed by atoms with Crippen molar-refractivity contribution in [2.75, 3.05) is 79.7 Å². The molecule has 0 radical (unpaired) electrons. The minimum atomic E-state index is -0.693. The number of methoxy groups -OCH3 is 2. The van der Waals surface area contributed by atoms with Crippen molar-refractivity contribution in [2.45, 2.75) is 71.6 Å². The van der Waals surface area contributed by atoms with E-state index in [0.29, 0.717) is 52.4 Å². The largest absolute Gasteiger partial charge is 0.469 e. The zero-order chi connectivity index (χ0) is 29.6. The standard InChI is InChI=1S/C27H50N4O8/c1-26(2,3)38-23(33)19-29-13-11-28-12-14-30(20-24(34)39-27(4,5)6)16-18-31(17-15-29)21(25(35)37-8)9-10-22(32)36-7/h21,28H,9-20H2,1-8H3. The first kappa shape index (κ1) is 34.7. The lowest BCUT2D eigenvalue weighted by Crippen LogP contribution is -2.51. The van der Waals surface area contributed by atoms with Gasteiger partial charge in [0.05, 0.1) is 27.3 Å². The maximum atomic E-state index is 12.8. The van der Waals surface area contributed by atoms with Crippen LogP contribution in [0.3, 0.4) is 0 Å². The van der Waals surface area contributed by atoms with Gasteiger partial charge in [-0.15, -0.1) is 0 Å². The van der Waals surface area contributed by atoms with Gasteiger partial charge in [-0.1, -0.05) is 0 Å². The van der Waals surface area contributed by atoms with Gasteiger partial charge in [0.25, 0.3) is 0 Å². The lowest BCUT2D eigenvalue weighted by atomic mass is 10.1. The van der Waals surface area contributed by atoms with Crippen molar-refractivity contribution in [3.8, 4) is 0 Å². The van der Waals surface area contributed by atoms with E-state index in [1.807, 2.05) is 56.2 Å². The second-order valence-electron chi connectivity index (χ2n) is 11.7. The van der Waals surface area contributed by atoms with Gasteiger partial charge in [-0.2, -0.15) is 0 Å². The van der Waals surface area contributed by atoms with Gasteiger partial charge in [-0.3, -0.25) is 33.9 Å². The maximum absolute atomic E-state index is 12.8. The smallest absolute Gasteiger partial charge is 0.323 e. The summed E-state index contributed by atoms with van der Waals surface area (Å²) in [6.45, 7) is 15.5. The minimum absolute atomic E-state index is 0.0555. The van der Waals surface area contributed by atoms with Gasteiger partial charge in [0, 0.05) is 58.8 Å². The normalized spacial score (nSPS) is 18.3. The third kappa shape index (κ3) is 15.8. The average Bonchev–Trinajstić information content (AvgIpc) is 2.80. The number of rotatable bonds is 9. The van der Waals surface area contributed by atoms with Crippen molar-refractivity contribution >= 4 is 23.9 Å². The summed E-state index contributed by atoms with van der Waals surface area (Å²) in [4.78, 5) is 55.7. The first-order valence-corrected chi connectivity index (χ1v) is 13.6. The summed E-state index contributed by atoms with van der Waals surface area (Å²) in [5, 5.41) is 3.38. The molecule has 226 valence electrons. The monoisotopic (exact) mass is 558 g/mol. The van der Waals surface area contributed by atoms with Crippen molar-refractivity contribution in [1.82, 2.24) is 20.0 Å². The number of carbonyl (C=O) groups is 4. The van der Waals surface area contributed by atoms with E-state index in [1.54, 1.807) is 0 Å². The first-order valence-electron chi connectivity index (χ1n) is 13.6. The summed E-state index contributed by atoms with van der Waals surface area (Å²) >= 11 is 0. The highest BCUT2D eigenvalue weighted by molar-refractivity contribution is 5.77. The molecule has 1 N–H and O–H groups in total. The van der Waals surface area contributed by atoms with Gasteiger partial charge in [-0.05, 0) is 48.0 Å². The van der Waals surface area contributed by atoms with E-state index in [-0.39, 0.29) is 37.9 Å². The fraction of sp³-hybridized carbons (Fsp3) is 0.852. The third-order valence-electron chi connectivity index (χ3n) is 5.93. The Kier molecular flexibility index (Phi) is 14.9. The van der Waals surface area contributed by atoms with Crippen LogP contribution in [0.1, 0.15) is 54.4 Å². The van der Waals surface area contributed by atoms with Gasteiger partial charge < -0.3 is 24.3 Å². The highest BCUT2D eigenvalue weighted by Gasteiger charge is 2.30. The van der Waals surface area contributed by atoms with Crippen LogP contribution in [0.25, 0.3) is 0 Å². The predicted octanol–water partition coefficient (Wildman–Crippen LogP) is 0.674. The lowest BCUT2D eigenvalue weighted by molar-refractivity contribution is -0.157. The molecule has 1 fully saturated rings. The molecule has 0 bridgehead atoms. The fourth-order valence-electron chi connectivity index (χ4n) is 4.16. The maximum Gasteiger partial charge on any atom is 0.323 e. The van der Waals surface area contributed by atoms with E-state index in [4.69, 9.17) is 18.9 Å². The molecule has 0 aromatic heterocycles. The minimum Gasteiger partial charge on any atom is -0.469 e. The Hall–Kier alpha value is -2.28. The van der Waals surface area contributed by atoms with Crippen LogP contribution in [-0.2, 0) is 38.1 Å². The molecule has 1 heterocycles. The molecule has 39 heavy (non-hydrogen) atoms. The molecule has 12 nitrogen and oxygen atoms in total. The van der Waals surface area contributed by atoms with E-state index in [1.165, 1.54) is 14.2 Å². The van der Waals surface area contributed by atoms with Crippen molar-refractivity contribution in [3.05, 3.63) is 0 Å². The van der Waals surface area contributed by atoms with E-state index < -0.39 is 29.2 Å². The highest BCUT2D eigenvalue weighted by atomic mass is 16.6. The number of nitrogens with one attached hydrogen (secondary N) is 1. The number of carbonyl (C=O) groups excluding carboxylic acids is 4. The second kappa shape index (κ2) is 16.7. The Morgan fingerprint density at radius 3 is 1.54 bits per heavy atom. The molecule has 1 unspecified atom stereocenters.